The normalized spacial score (nSPS) is 15.0. The molecule has 1 aromatic rings. The van der Waals surface area contributed by atoms with Crippen molar-refractivity contribution in [1.29, 1.82) is 0 Å². The summed E-state index contributed by atoms with van der Waals surface area (Å²) in [6, 6.07) is 3.77. The van der Waals surface area contributed by atoms with E-state index in [2.05, 4.69) is 10.6 Å². The number of hydrogen-bond acceptors (Lipinski definition) is 2. The van der Waals surface area contributed by atoms with Crippen molar-refractivity contribution in [3.05, 3.63) is 35.4 Å². The highest BCUT2D eigenvalue weighted by molar-refractivity contribution is 5.76. The smallest absolute Gasteiger partial charge is 0.317 e. The van der Waals surface area contributed by atoms with Gasteiger partial charge in [0.15, 0.2) is 11.6 Å². The van der Waals surface area contributed by atoms with Gasteiger partial charge in [-0.05, 0) is 17.7 Å². The molecule has 0 bridgehead atoms. The molecule has 0 aliphatic carbocycles. The maximum absolute atomic E-state index is 12.9. The van der Waals surface area contributed by atoms with E-state index in [0.29, 0.717) is 38.3 Å². The molecule has 2 rings (SSSR count). The van der Waals surface area contributed by atoms with Crippen LogP contribution in [0.1, 0.15) is 5.56 Å². The molecule has 2 amide bonds. The summed E-state index contributed by atoms with van der Waals surface area (Å²) in [5.41, 5.74) is 0.680. The van der Waals surface area contributed by atoms with Crippen LogP contribution >= 0.6 is 0 Å². The number of halogens is 2. The Bertz CT molecular complexity index is 439. The average Bonchev–Trinajstić information content (AvgIpc) is 2.75. The van der Waals surface area contributed by atoms with Crippen molar-refractivity contribution in [3.63, 3.8) is 0 Å². The molecule has 0 spiro atoms. The Labute approximate surface area is 104 Å². The van der Waals surface area contributed by atoms with E-state index >= 15 is 0 Å². The zero-order valence-electron chi connectivity index (χ0n) is 9.88. The molecule has 1 heterocycles. The molecule has 1 aromatic carbocycles. The van der Waals surface area contributed by atoms with Crippen LogP contribution in [0.4, 0.5) is 13.6 Å². The first-order valence-electron chi connectivity index (χ1n) is 5.84. The van der Waals surface area contributed by atoms with Crippen LogP contribution in [0, 0.1) is 11.6 Å². The number of benzene rings is 1. The van der Waals surface area contributed by atoms with Crippen molar-refractivity contribution in [1.82, 2.24) is 15.5 Å². The Kier molecular flexibility index (Phi) is 4.09. The number of carbonyl (C=O) groups excluding carboxylic acids is 1. The van der Waals surface area contributed by atoms with E-state index < -0.39 is 11.6 Å². The number of urea groups is 1. The lowest BCUT2D eigenvalue weighted by molar-refractivity contribution is 0.217. The third-order valence-electron chi connectivity index (χ3n) is 2.82. The topological polar surface area (TPSA) is 44.4 Å². The van der Waals surface area contributed by atoms with Gasteiger partial charge >= 0.3 is 6.03 Å². The van der Waals surface area contributed by atoms with E-state index in [1.165, 1.54) is 12.1 Å². The molecular weight excluding hydrogens is 240 g/mol. The summed E-state index contributed by atoms with van der Waals surface area (Å²) in [7, 11) is 0. The lowest BCUT2D eigenvalue weighted by Crippen LogP contribution is -2.34. The minimum Gasteiger partial charge on any atom is -0.336 e. The molecule has 1 aliphatic rings. The molecule has 0 atom stereocenters. The Morgan fingerprint density at radius 1 is 1.33 bits per heavy atom. The second-order valence-corrected chi connectivity index (χ2v) is 4.14. The quantitative estimate of drug-likeness (QED) is 0.773. The standard InChI is InChI=1S/C12H15F2N3O/c13-10-2-1-9(7-11(10)14)8-15-3-5-17-6-4-16-12(17)18/h1-2,7,15H,3-6,8H2,(H,16,18). The van der Waals surface area contributed by atoms with Crippen LogP contribution < -0.4 is 10.6 Å². The first kappa shape index (κ1) is 12.8. The van der Waals surface area contributed by atoms with Crippen LogP contribution in [0.3, 0.4) is 0 Å². The van der Waals surface area contributed by atoms with Gasteiger partial charge in [0.25, 0.3) is 0 Å². The molecule has 1 aliphatic heterocycles. The zero-order valence-corrected chi connectivity index (χ0v) is 9.88. The summed E-state index contributed by atoms with van der Waals surface area (Å²) in [6.07, 6.45) is 0. The van der Waals surface area contributed by atoms with Crippen molar-refractivity contribution in [3.8, 4) is 0 Å². The summed E-state index contributed by atoms with van der Waals surface area (Å²) < 4.78 is 25.6. The predicted molar refractivity (Wildman–Crippen MR) is 63.0 cm³/mol. The Hall–Kier alpha value is -1.69. The fourth-order valence-electron chi connectivity index (χ4n) is 1.82. The molecule has 1 saturated heterocycles. The van der Waals surface area contributed by atoms with Gasteiger partial charge < -0.3 is 15.5 Å². The lowest BCUT2D eigenvalue weighted by atomic mass is 10.2. The van der Waals surface area contributed by atoms with Gasteiger partial charge in [-0.15, -0.1) is 0 Å². The van der Waals surface area contributed by atoms with Crippen molar-refractivity contribution >= 4 is 6.03 Å². The molecule has 98 valence electrons. The Morgan fingerprint density at radius 2 is 2.17 bits per heavy atom. The molecule has 0 radical (unpaired) electrons. The van der Waals surface area contributed by atoms with E-state index in [4.69, 9.17) is 0 Å². The van der Waals surface area contributed by atoms with E-state index in [-0.39, 0.29) is 6.03 Å². The molecule has 2 N–H and O–H groups in total. The number of nitrogens with one attached hydrogen (secondary N) is 2. The summed E-state index contributed by atoms with van der Waals surface area (Å²) >= 11 is 0. The second kappa shape index (κ2) is 5.77. The van der Waals surface area contributed by atoms with E-state index in [1.807, 2.05) is 0 Å². The van der Waals surface area contributed by atoms with Crippen molar-refractivity contribution in [2.75, 3.05) is 26.2 Å². The SMILES string of the molecule is O=C1NCCN1CCNCc1ccc(F)c(F)c1. The predicted octanol–water partition coefficient (Wildman–Crippen LogP) is 1.08. The Morgan fingerprint density at radius 3 is 2.83 bits per heavy atom. The first-order chi connectivity index (χ1) is 8.66. The highest BCUT2D eigenvalue weighted by Gasteiger charge is 2.17. The number of carbonyl (C=O) groups is 1. The third-order valence-corrected chi connectivity index (χ3v) is 2.82. The molecule has 0 saturated carbocycles. The fraction of sp³-hybridized carbons (Fsp3) is 0.417. The fourth-order valence-corrected chi connectivity index (χ4v) is 1.82. The van der Waals surface area contributed by atoms with Gasteiger partial charge in [0.1, 0.15) is 0 Å². The minimum absolute atomic E-state index is 0.0513. The first-order valence-corrected chi connectivity index (χ1v) is 5.84. The second-order valence-electron chi connectivity index (χ2n) is 4.14. The van der Waals surface area contributed by atoms with Crippen LogP contribution in [0.25, 0.3) is 0 Å². The maximum Gasteiger partial charge on any atom is 0.317 e. The molecule has 4 nitrogen and oxygen atoms in total. The number of amides is 2. The summed E-state index contributed by atoms with van der Waals surface area (Å²) in [4.78, 5) is 12.9. The van der Waals surface area contributed by atoms with E-state index in [0.717, 1.165) is 6.07 Å². The van der Waals surface area contributed by atoms with Crippen molar-refractivity contribution < 1.29 is 13.6 Å². The van der Waals surface area contributed by atoms with Crippen LogP contribution in [0.15, 0.2) is 18.2 Å². The highest BCUT2D eigenvalue weighted by Crippen LogP contribution is 2.08. The molecule has 1 fully saturated rings. The summed E-state index contributed by atoms with van der Waals surface area (Å²) in [6.45, 7) is 3.07. The number of hydrogen-bond donors (Lipinski definition) is 2. The Balaban J connectivity index is 1.71. The number of rotatable bonds is 5. The van der Waals surface area contributed by atoms with Gasteiger partial charge in [-0.3, -0.25) is 0 Å². The van der Waals surface area contributed by atoms with Gasteiger partial charge in [-0.1, -0.05) is 6.07 Å². The maximum atomic E-state index is 12.9. The van der Waals surface area contributed by atoms with E-state index in [9.17, 15) is 13.6 Å². The molecule has 0 aromatic heterocycles. The highest BCUT2D eigenvalue weighted by atomic mass is 19.2. The lowest BCUT2D eigenvalue weighted by Gasteiger charge is -2.14. The van der Waals surface area contributed by atoms with Gasteiger partial charge in [-0.2, -0.15) is 0 Å². The molecule has 6 heteroatoms. The zero-order chi connectivity index (χ0) is 13.0. The van der Waals surface area contributed by atoms with Crippen molar-refractivity contribution in [2.24, 2.45) is 0 Å². The summed E-state index contributed by atoms with van der Waals surface area (Å²) in [5, 5.41) is 5.79. The largest absolute Gasteiger partial charge is 0.336 e. The van der Waals surface area contributed by atoms with Gasteiger partial charge in [0.05, 0.1) is 0 Å². The van der Waals surface area contributed by atoms with Crippen molar-refractivity contribution in [2.45, 2.75) is 6.54 Å². The molecular formula is C12H15F2N3O. The van der Waals surface area contributed by atoms with Gasteiger partial charge in [0.2, 0.25) is 0 Å². The number of nitrogens with zero attached hydrogens (tertiary/aromatic N) is 1. The molecule has 18 heavy (non-hydrogen) atoms. The van der Waals surface area contributed by atoms with Gasteiger partial charge in [0, 0.05) is 32.7 Å². The monoisotopic (exact) mass is 255 g/mol. The van der Waals surface area contributed by atoms with Crippen LogP contribution in [0.5, 0.6) is 0 Å². The molecule has 0 unspecified atom stereocenters. The van der Waals surface area contributed by atoms with Crippen LogP contribution in [-0.4, -0.2) is 37.1 Å². The minimum atomic E-state index is -0.840. The summed E-state index contributed by atoms with van der Waals surface area (Å²) in [5.74, 6) is -1.68. The van der Waals surface area contributed by atoms with Gasteiger partial charge in [-0.25, -0.2) is 13.6 Å². The third kappa shape index (κ3) is 3.16. The van der Waals surface area contributed by atoms with E-state index in [1.54, 1.807) is 4.90 Å². The van der Waals surface area contributed by atoms with Crippen LogP contribution in [0.2, 0.25) is 0 Å². The average molecular weight is 255 g/mol. The van der Waals surface area contributed by atoms with Crippen LogP contribution in [-0.2, 0) is 6.54 Å².